The highest BCUT2D eigenvalue weighted by atomic mass is 16.5. The molecule has 0 spiro atoms. The Morgan fingerprint density at radius 2 is 1.96 bits per heavy atom. The van der Waals surface area contributed by atoms with Gasteiger partial charge in [-0.05, 0) is 30.7 Å². The van der Waals surface area contributed by atoms with Crippen molar-refractivity contribution in [1.82, 2.24) is 4.90 Å². The summed E-state index contributed by atoms with van der Waals surface area (Å²) in [4.78, 5) is 14.5. The van der Waals surface area contributed by atoms with Gasteiger partial charge < -0.3 is 18.8 Å². The van der Waals surface area contributed by atoms with Crippen LogP contribution in [0.2, 0.25) is 0 Å². The minimum Gasteiger partial charge on any atom is -0.497 e. The van der Waals surface area contributed by atoms with Gasteiger partial charge in [0.25, 0.3) is 5.91 Å². The van der Waals surface area contributed by atoms with Gasteiger partial charge in [0.2, 0.25) is 0 Å². The maximum Gasteiger partial charge on any atom is 0.251 e. The maximum atomic E-state index is 12.8. The Labute approximate surface area is 165 Å². The number of hydrogen-bond donors (Lipinski definition) is 0. The first-order valence-electron chi connectivity index (χ1n) is 9.52. The van der Waals surface area contributed by atoms with E-state index in [0.29, 0.717) is 13.2 Å². The molecule has 0 saturated carbocycles. The van der Waals surface area contributed by atoms with Crippen LogP contribution in [0.1, 0.15) is 30.7 Å². The number of hydrogen-bond acceptors (Lipinski definition) is 4. The van der Waals surface area contributed by atoms with Crippen LogP contribution < -0.4 is 4.74 Å². The number of fused-ring (bicyclic) bond motifs is 1. The molecular formula is C23H27NO4. The molecule has 3 aromatic rings. The number of methoxy groups -OCH3 is 1. The minimum absolute atomic E-state index is 0.0600. The van der Waals surface area contributed by atoms with Gasteiger partial charge in [0, 0.05) is 31.0 Å². The van der Waals surface area contributed by atoms with E-state index in [2.05, 4.69) is 6.92 Å². The predicted molar refractivity (Wildman–Crippen MR) is 109 cm³/mol. The van der Waals surface area contributed by atoms with E-state index in [9.17, 15) is 4.79 Å². The van der Waals surface area contributed by atoms with Crippen LogP contribution in [0.3, 0.4) is 0 Å². The molecule has 3 rings (SSSR count). The molecule has 0 N–H and O–H groups in total. The zero-order valence-electron chi connectivity index (χ0n) is 16.9. The van der Waals surface area contributed by atoms with Crippen molar-refractivity contribution in [2.75, 3.05) is 14.2 Å². The van der Waals surface area contributed by atoms with Crippen LogP contribution in [0.5, 0.6) is 5.75 Å². The second-order valence-corrected chi connectivity index (χ2v) is 6.85. The van der Waals surface area contributed by atoms with E-state index in [4.69, 9.17) is 13.9 Å². The van der Waals surface area contributed by atoms with Crippen LogP contribution in [-0.2, 0) is 29.1 Å². The minimum atomic E-state index is -0.542. The van der Waals surface area contributed by atoms with E-state index >= 15 is 0 Å². The number of benzene rings is 2. The Balaban J connectivity index is 1.65. The molecule has 1 atom stereocenters. The van der Waals surface area contributed by atoms with E-state index < -0.39 is 6.10 Å². The molecule has 148 valence electrons. The van der Waals surface area contributed by atoms with Crippen molar-refractivity contribution in [1.29, 1.82) is 0 Å². The summed E-state index contributed by atoms with van der Waals surface area (Å²) in [5.41, 5.74) is 2.89. The highest BCUT2D eigenvalue weighted by molar-refractivity contribution is 5.84. The van der Waals surface area contributed by atoms with Crippen LogP contribution >= 0.6 is 0 Å². The Kier molecular flexibility index (Phi) is 6.37. The second kappa shape index (κ2) is 8.93. The SMILES string of the molecule is CCc1oc2ccccc2c1CN(C)C(=O)C(C)OCc1cccc(OC)c1. The van der Waals surface area contributed by atoms with Crippen LogP contribution in [0.15, 0.2) is 52.9 Å². The summed E-state index contributed by atoms with van der Waals surface area (Å²) in [5.74, 6) is 1.64. The van der Waals surface area contributed by atoms with E-state index in [1.807, 2.05) is 48.5 Å². The van der Waals surface area contributed by atoms with Gasteiger partial charge in [0.15, 0.2) is 0 Å². The maximum absolute atomic E-state index is 12.8. The molecule has 0 aliphatic carbocycles. The van der Waals surface area contributed by atoms with Gasteiger partial charge in [-0.25, -0.2) is 0 Å². The monoisotopic (exact) mass is 381 g/mol. The fourth-order valence-electron chi connectivity index (χ4n) is 3.29. The molecule has 1 aromatic heterocycles. The van der Waals surface area contributed by atoms with Gasteiger partial charge in [0.1, 0.15) is 23.2 Å². The van der Waals surface area contributed by atoms with Crippen molar-refractivity contribution in [2.45, 2.75) is 39.5 Å². The first-order chi connectivity index (χ1) is 13.5. The van der Waals surface area contributed by atoms with Crippen molar-refractivity contribution in [3.8, 4) is 5.75 Å². The first kappa shape index (κ1) is 20.0. The third-order valence-electron chi connectivity index (χ3n) is 4.86. The van der Waals surface area contributed by atoms with Gasteiger partial charge in [-0.3, -0.25) is 4.79 Å². The number of furan rings is 1. The molecule has 1 amide bonds. The number of carbonyl (C=O) groups is 1. The molecule has 5 nitrogen and oxygen atoms in total. The predicted octanol–water partition coefficient (Wildman–Crippen LogP) is 4.57. The molecular weight excluding hydrogens is 354 g/mol. The summed E-state index contributed by atoms with van der Waals surface area (Å²) >= 11 is 0. The number of amides is 1. The zero-order chi connectivity index (χ0) is 20.1. The van der Waals surface area contributed by atoms with Crippen molar-refractivity contribution in [3.63, 3.8) is 0 Å². The number of nitrogens with zero attached hydrogens (tertiary/aromatic N) is 1. The first-order valence-corrected chi connectivity index (χ1v) is 9.52. The summed E-state index contributed by atoms with van der Waals surface area (Å²) in [6.45, 7) is 4.69. The standard InChI is InChI=1S/C23H27NO4/c1-5-21-20(19-11-6-7-12-22(19)28-21)14-24(3)23(25)16(2)27-15-17-9-8-10-18(13-17)26-4/h6-13,16H,5,14-15H2,1-4H3. The summed E-state index contributed by atoms with van der Waals surface area (Å²) in [6, 6.07) is 15.6. The van der Waals surface area contributed by atoms with Crippen LogP contribution in [-0.4, -0.2) is 31.1 Å². The Morgan fingerprint density at radius 3 is 2.71 bits per heavy atom. The zero-order valence-corrected chi connectivity index (χ0v) is 16.9. The topological polar surface area (TPSA) is 51.9 Å². The molecule has 0 saturated heterocycles. The largest absolute Gasteiger partial charge is 0.497 e. The molecule has 5 heteroatoms. The van der Waals surface area contributed by atoms with E-state index in [1.165, 1.54) is 0 Å². The summed E-state index contributed by atoms with van der Waals surface area (Å²) in [7, 11) is 3.43. The van der Waals surface area contributed by atoms with E-state index in [0.717, 1.165) is 40.0 Å². The lowest BCUT2D eigenvalue weighted by atomic mass is 10.1. The molecule has 1 unspecified atom stereocenters. The average Bonchev–Trinajstić information content (AvgIpc) is 3.09. The molecule has 0 radical (unpaired) electrons. The Bertz CT molecular complexity index is 947. The second-order valence-electron chi connectivity index (χ2n) is 6.85. The normalized spacial score (nSPS) is 12.1. The van der Waals surface area contributed by atoms with Gasteiger partial charge in [-0.2, -0.15) is 0 Å². The average molecular weight is 381 g/mol. The number of rotatable bonds is 8. The third kappa shape index (κ3) is 4.37. The summed E-state index contributed by atoms with van der Waals surface area (Å²) in [5, 5.41) is 1.06. The molecule has 0 bridgehead atoms. The van der Waals surface area contributed by atoms with Crippen molar-refractivity contribution in [3.05, 3.63) is 65.4 Å². The fourth-order valence-corrected chi connectivity index (χ4v) is 3.29. The summed E-state index contributed by atoms with van der Waals surface area (Å²) in [6.07, 6.45) is 0.243. The van der Waals surface area contributed by atoms with E-state index in [1.54, 1.807) is 26.0 Å². The van der Waals surface area contributed by atoms with Crippen molar-refractivity contribution < 1.29 is 18.7 Å². The van der Waals surface area contributed by atoms with Crippen LogP contribution in [0, 0.1) is 0 Å². The highest BCUT2D eigenvalue weighted by Crippen LogP contribution is 2.27. The fraction of sp³-hybridized carbons (Fsp3) is 0.348. The molecule has 28 heavy (non-hydrogen) atoms. The lowest BCUT2D eigenvalue weighted by Gasteiger charge is -2.22. The third-order valence-corrected chi connectivity index (χ3v) is 4.86. The van der Waals surface area contributed by atoms with Gasteiger partial charge >= 0.3 is 0 Å². The molecule has 0 aliphatic rings. The van der Waals surface area contributed by atoms with Gasteiger partial charge in [0.05, 0.1) is 13.7 Å². The number of likely N-dealkylation sites (N-methyl/N-ethyl adjacent to an activating group) is 1. The van der Waals surface area contributed by atoms with E-state index in [-0.39, 0.29) is 5.91 Å². The number of aryl methyl sites for hydroxylation is 1. The molecule has 2 aromatic carbocycles. The molecule has 0 fully saturated rings. The Hall–Kier alpha value is -2.79. The van der Waals surface area contributed by atoms with Crippen molar-refractivity contribution in [2.24, 2.45) is 0 Å². The Morgan fingerprint density at radius 1 is 1.18 bits per heavy atom. The smallest absolute Gasteiger partial charge is 0.251 e. The van der Waals surface area contributed by atoms with Crippen molar-refractivity contribution >= 4 is 16.9 Å². The quantitative estimate of drug-likeness (QED) is 0.574. The lowest BCUT2D eigenvalue weighted by Crippen LogP contribution is -2.36. The van der Waals surface area contributed by atoms with Crippen LogP contribution in [0.25, 0.3) is 11.0 Å². The number of carbonyl (C=O) groups excluding carboxylic acids is 1. The number of para-hydroxylation sites is 1. The molecule has 1 heterocycles. The lowest BCUT2D eigenvalue weighted by molar-refractivity contribution is -0.142. The van der Waals surface area contributed by atoms with Gasteiger partial charge in [-0.1, -0.05) is 37.3 Å². The molecule has 0 aliphatic heterocycles. The number of ether oxygens (including phenoxy) is 2. The van der Waals surface area contributed by atoms with Crippen LogP contribution in [0.4, 0.5) is 0 Å². The van der Waals surface area contributed by atoms with Gasteiger partial charge in [-0.15, -0.1) is 0 Å². The highest BCUT2D eigenvalue weighted by Gasteiger charge is 2.21. The summed E-state index contributed by atoms with van der Waals surface area (Å²) < 4.78 is 17.0.